The summed E-state index contributed by atoms with van der Waals surface area (Å²) in [7, 11) is -3.67. The van der Waals surface area contributed by atoms with Crippen molar-refractivity contribution in [2.45, 2.75) is 38.6 Å². The number of carbonyl (C=O) groups excluding carboxylic acids is 1. The van der Waals surface area contributed by atoms with Gasteiger partial charge in [-0.3, -0.25) is 9.10 Å². The molecule has 0 bridgehead atoms. The summed E-state index contributed by atoms with van der Waals surface area (Å²) in [4.78, 5) is 13.2. The number of amides is 1. The van der Waals surface area contributed by atoms with Crippen LogP contribution in [0.2, 0.25) is 0 Å². The van der Waals surface area contributed by atoms with E-state index < -0.39 is 10.0 Å². The molecule has 0 saturated carbocycles. The van der Waals surface area contributed by atoms with Crippen molar-refractivity contribution in [3.05, 3.63) is 60.7 Å². The summed E-state index contributed by atoms with van der Waals surface area (Å²) in [5.74, 6) is 0.470. The molecule has 0 saturated heterocycles. The molecule has 2 aromatic rings. The van der Waals surface area contributed by atoms with Gasteiger partial charge in [-0.1, -0.05) is 52.0 Å². The third-order valence-corrected chi connectivity index (χ3v) is 7.14. The summed E-state index contributed by atoms with van der Waals surface area (Å²) in [6, 6.07) is 12.1. The Labute approximate surface area is 173 Å². The second-order valence-corrected chi connectivity index (χ2v) is 9.87. The Morgan fingerprint density at radius 3 is 2.34 bits per heavy atom. The number of hydrogen-bond acceptors (Lipinski definition) is 3. The van der Waals surface area contributed by atoms with E-state index in [1.807, 2.05) is 6.07 Å². The van der Waals surface area contributed by atoms with E-state index in [0.29, 0.717) is 28.7 Å². The van der Waals surface area contributed by atoms with Crippen LogP contribution in [0, 0.1) is 11.8 Å². The maximum atomic E-state index is 13.1. The predicted molar refractivity (Wildman–Crippen MR) is 118 cm³/mol. The summed E-state index contributed by atoms with van der Waals surface area (Å²) in [5, 5.41) is 3.13. The molecule has 1 aliphatic rings. The number of rotatable bonds is 6. The molecular formula is C23H28N2O3S. The molecular weight excluding hydrogens is 384 g/mol. The van der Waals surface area contributed by atoms with Gasteiger partial charge in [-0.15, -0.1) is 6.58 Å². The molecule has 1 N–H and O–H groups in total. The van der Waals surface area contributed by atoms with Crippen molar-refractivity contribution in [1.29, 1.82) is 0 Å². The van der Waals surface area contributed by atoms with Gasteiger partial charge in [0, 0.05) is 22.7 Å². The van der Waals surface area contributed by atoms with Gasteiger partial charge in [-0.05, 0) is 36.1 Å². The van der Waals surface area contributed by atoms with Crippen LogP contribution >= 0.6 is 0 Å². The second kappa shape index (κ2) is 8.03. The van der Waals surface area contributed by atoms with E-state index in [2.05, 4.69) is 39.6 Å². The lowest BCUT2D eigenvalue weighted by Gasteiger charge is -2.32. The minimum absolute atomic E-state index is 0.0588. The van der Waals surface area contributed by atoms with E-state index >= 15 is 0 Å². The second-order valence-electron chi connectivity index (χ2n) is 8.04. The Morgan fingerprint density at radius 2 is 1.72 bits per heavy atom. The minimum atomic E-state index is -3.67. The van der Waals surface area contributed by atoms with Gasteiger partial charge < -0.3 is 5.32 Å². The Balaban J connectivity index is 2.09. The van der Waals surface area contributed by atoms with Gasteiger partial charge in [0.1, 0.15) is 0 Å². The summed E-state index contributed by atoms with van der Waals surface area (Å²) < 4.78 is 27.5. The van der Waals surface area contributed by atoms with Crippen LogP contribution in [0.1, 0.15) is 38.1 Å². The highest BCUT2D eigenvalue weighted by Gasteiger charge is 2.34. The van der Waals surface area contributed by atoms with Crippen molar-refractivity contribution in [3.63, 3.8) is 0 Å². The normalized spacial score (nSPS) is 14.7. The molecule has 5 nitrogen and oxygen atoms in total. The SMILES string of the molecule is C=CCN1c2ccc(C(=O)NC(C(C)C)C(C)C)cc2-c2ccccc2S1(=O)=O. The molecule has 3 rings (SSSR count). The van der Waals surface area contributed by atoms with Crippen molar-refractivity contribution in [3.8, 4) is 11.1 Å². The summed E-state index contributed by atoms with van der Waals surface area (Å²) >= 11 is 0. The average Bonchev–Trinajstić information content (AvgIpc) is 2.68. The minimum Gasteiger partial charge on any atom is -0.349 e. The number of benzene rings is 2. The van der Waals surface area contributed by atoms with E-state index in [1.54, 1.807) is 42.5 Å². The number of fused-ring (bicyclic) bond motifs is 3. The van der Waals surface area contributed by atoms with E-state index in [1.165, 1.54) is 4.31 Å². The first kappa shape index (κ1) is 21.1. The molecule has 0 fully saturated rings. The average molecular weight is 413 g/mol. The fourth-order valence-electron chi connectivity index (χ4n) is 3.92. The van der Waals surface area contributed by atoms with Crippen molar-refractivity contribution < 1.29 is 13.2 Å². The first-order valence-corrected chi connectivity index (χ1v) is 11.3. The molecule has 6 heteroatoms. The summed E-state index contributed by atoms with van der Waals surface area (Å²) in [5.41, 5.74) is 2.42. The molecule has 1 amide bonds. The number of carbonyl (C=O) groups is 1. The topological polar surface area (TPSA) is 66.5 Å². The van der Waals surface area contributed by atoms with Gasteiger partial charge in [0.15, 0.2) is 0 Å². The van der Waals surface area contributed by atoms with Gasteiger partial charge >= 0.3 is 0 Å². The molecule has 29 heavy (non-hydrogen) atoms. The molecule has 2 aromatic carbocycles. The van der Waals surface area contributed by atoms with Crippen LogP contribution < -0.4 is 9.62 Å². The Morgan fingerprint density at radius 1 is 1.07 bits per heavy atom. The molecule has 0 atom stereocenters. The molecule has 0 aliphatic carbocycles. The van der Waals surface area contributed by atoms with Gasteiger partial charge in [0.25, 0.3) is 15.9 Å². The highest BCUT2D eigenvalue weighted by molar-refractivity contribution is 7.93. The van der Waals surface area contributed by atoms with Crippen LogP contribution in [0.3, 0.4) is 0 Å². The molecule has 1 heterocycles. The van der Waals surface area contributed by atoms with Crippen LogP contribution in [0.5, 0.6) is 0 Å². The van der Waals surface area contributed by atoms with Crippen molar-refractivity contribution in [2.75, 3.05) is 10.8 Å². The highest BCUT2D eigenvalue weighted by atomic mass is 32.2. The van der Waals surface area contributed by atoms with Crippen LogP contribution in [0.25, 0.3) is 11.1 Å². The third-order valence-electron chi connectivity index (χ3n) is 5.30. The van der Waals surface area contributed by atoms with Crippen LogP contribution in [-0.4, -0.2) is 26.9 Å². The lowest BCUT2D eigenvalue weighted by molar-refractivity contribution is 0.0910. The number of sulfonamides is 1. The van der Waals surface area contributed by atoms with Crippen molar-refractivity contribution in [2.24, 2.45) is 11.8 Å². The third kappa shape index (κ3) is 3.81. The molecule has 0 spiro atoms. The number of nitrogens with one attached hydrogen (secondary N) is 1. The zero-order valence-corrected chi connectivity index (χ0v) is 18.2. The molecule has 0 aromatic heterocycles. The molecule has 154 valence electrons. The van der Waals surface area contributed by atoms with E-state index in [4.69, 9.17) is 0 Å². The van der Waals surface area contributed by atoms with Crippen molar-refractivity contribution in [1.82, 2.24) is 5.32 Å². The van der Waals surface area contributed by atoms with Gasteiger partial charge in [-0.25, -0.2) is 8.42 Å². The Hall–Kier alpha value is -2.60. The largest absolute Gasteiger partial charge is 0.349 e. The summed E-state index contributed by atoms with van der Waals surface area (Å²) in [6.45, 7) is 12.2. The monoisotopic (exact) mass is 412 g/mol. The summed E-state index contributed by atoms with van der Waals surface area (Å²) in [6.07, 6.45) is 1.56. The molecule has 0 unspecified atom stereocenters. The number of hydrogen-bond donors (Lipinski definition) is 1. The first-order chi connectivity index (χ1) is 13.7. The highest BCUT2D eigenvalue weighted by Crippen LogP contribution is 2.43. The number of anilines is 1. The standard InChI is InChI=1S/C23H28N2O3S/c1-6-13-25-20-12-11-17(23(26)24-22(15(2)3)16(4)5)14-19(20)18-9-7-8-10-21(18)29(25,27)28/h6-12,14-16,22H,1,13H2,2-5H3,(H,24,26). The van der Waals surface area contributed by atoms with Gasteiger partial charge in [0.05, 0.1) is 17.1 Å². The van der Waals surface area contributed by atoms with E-state index in [-0.39, 0.29) is 23.4 Å². The van der Waals surface area contributed by atoms with Crippen LogP contribution in [-0.2, 0) is 10.0 Å². The lowest BCUT2D eigenvalue weighted by Crippen LogP contribution is -2.42. The van der Waals surface area contributed by atoms with Gasteiger partial charge in [0.2, 0.25) is 0 Å². The number of nitrogens with zero attached hydrogens (tertiary/aromatic N) is 1. The maximum absolute atomic E-state index is 13.1. The molecule has 0 radical (unpaired) electrons. The lowest BCUT2D eigenvalue weighted by atomic mass is 9.92. The quantitative estimate of drug-likeness (QED) is 0.713. The first-order valence-electron chi connectivity index (χ1n) is 9.86. The fraction of sp³-hybridized carbons (Fsp3) is 0.348. The zero-order chi connectivity index (χ0) is 21.3. The zero-order valence-electron chi connectivity index (χ0n) is 17.3. The fourth-order valence-corrected chi connectivity index (χ4v) is 5.59. The Bertz CT molecular complexity index is 1030. The smallest absolute Gasteiger partial charge is 0.265 e. The predicted octanol–water partition coefficient (Wildman–Crippen LogP) is 4.46. The van der Waals surface area contributed by atoms with E-state index in [0.717, 1.165) is 5.56 Å². The molecule has 1 aliphatic heterocycles. The van der Waals surface area contributed by atoms with Crippen LogP contribution in [0.15, 0.2) is 60.0 Å². The Kier molecular flexibility index (Phi) is 5.85. The van der Waals surface area contributed by atoms with Gasteiger partial charge in [-0.2, -0.15) is 0 Å². The maximum Gasteiger partial charge on any atom is 0.265 e. The van der Waals surface area contributed by atoms with E-state index in [9.17, 15) is 13.2 Å². The van der Waals surface area contributed by atoms with Crippen LogP contribution in [0.4, 0.5) is 5.69 Å². The van der Waals surface area contributed by atoms with Crippen molar-refractivity contribution >= 4 is 21.6 Å².